The van der Waals surface area contributed by atoms with Gasteiger partial charge in [0.05, 0.1) is 13.5 Å². The number of nitrogens with one attached hydrogen (secondary N) is 2. The van der Waals surface area contributed by atoms with Crippen LogP contribution in [0, 0.1) is 0 Å². The van der Waals surface area contributed by atoms with Crippen molar-refractivity contribution in [1.82, 2.24) is 10.6 Å². The van der Waals surface area contributed by atoms with Crippen LogP contribution in [0.5, 0.6) is 5.75 Å². The maximum Gasteiger partial charge on any atom is 0.312 e. The highest BCUT2D eigenvalue weighted by atomic mass is 16.6. The molecule has 2 aromatic carbocycles. The quantitative estimate of drug-likeness (QED) is 0.458. The minimum atomic E-state index is -0.414. The molecular weight excluding hydrogens is 388 g/mol. The first-order chi connectivity index (χ1) is 15.2. The van der Waals surface area contributed by atoms with Gasteiger partial charge in [-0.2, -0.15) is 0 Å². The van der Waals surface area contributed by atoms with Crippen LogP contribution in [-0.2, 0) is 16.0 Å². The molecule has 168 valence electrons. The van der Waals surface area contributed by atoms with Crippen LogP contribution >= 0.6 is 0 Å². The lowest BCUT2D eigenvalue weighted by atomic mass is 9.95. The highest BCUT2D eigenvalue weighted by molar-refractivity contribution is 5.90. The minimum absolute atomic E-state index is 0.202. The molecular formula is C26H36N2O3. The van der Waals surface area contributed by atoms with E-state index in [9.17, 15) is 4.79 Å². The van der Waals surface area contributed by atoms with Crippen LogP contribution in [0.4, 0.5) is 0 Å². The minimum Gasteiger partial charge on any atom is -0.497 e. The van der Waals surface area contributed by atoms with E-state index in [2.05, 4.69) is 16.7 Å². The SMILES string of the molecule is COc1ccc2cccc(CC(=O)OC(NC3CCCCC3)NC3CCCCC3)c2c1. The Morgan fingerprint density at radius 2 is 1.58 bits per heavy atom. The Morgan fingerprint density at radius 3 is 2.19 bits per heavy atom. The molecule has 0 saturated heterocycles. The molecule has 2 fully saturated rings. The number of carbonyl (C=O) groups is 1. The van der Waals surface area contributed by atoms with E-state index in [1.165, 1.54) is 38.5 Å². The summed E-state index contributed by atoms with van der Waals surface area (Å²) in [6.07, 6.45) is 12.1. The van der Waals surface area contributed by atoms with Gasteiger partial charge in [-0.1, -0.05) is 62.8 Å². The maximum absolute atomic E-state index is 13.0. The average Bonchev–Trinajstić information content (AvgIpc) is 2.80. The highest BCUT2D eigenvalue weighted by Crippen LogP contribution is 2.25. The fourth-order valence-electron chi connectivity index (χ4n) is 5.01. The van der Waals surface area contributed by atoms with Gasteiger partial charge in [-0.3, -0.25) is 15.4 Å². The number of fused-ring (bicyclic) bond motifs is 1. The predicted molar refractivity (Wildman–Crippen MR) is 124 cm³/mol. The molecule has 4 rings (SSSR count). The van der Waals surface area contributed by atoms with Crippen LogP contribution in [-0.4, -0.2) is 31.5 Å². The molecule has 2 N–H and O–H groups in total. The Labute approximate surface area is 185 Å². The lowest BCUT2D eigenvalue weighted by molar-refractivity contribution is -0.153. The molecule has 2 aromatic rings. The molecule has 0 bridgehead atoms. The first kappa shape index (κ1) is 22.1. The van der Waals surface area contributed by atoms with Crippen molar-refractivity contribution in [3.63, 3.8) is 0 Å². The van der Waals surface area contributed by atoms with E-state index < -0.39 is 6.35 Å². The molecule has 0 aliphatic heterocycles. The summed E-state index contributed by atoms with van der Waals surface area (Å²) in [7, 11) is 1.66. The molecule has 0 amide bonds. The molecule has 0 heterocycles. The Balaban J connectivity index is 1.44. The summed E-state index contributed by atoms with van der Waals surface area (Å²) < 4.78 is 11.4. The lowest BCUT2D eigenvalue weighted by Gasteiger charge is -2.32. The standard InChI is InChI=1S/C26H36N2O3/c1-30-23-16-15-19-9-8-10-20(24(19)18-23)17-25(29)31-26(27-21-11-4-2-5-12-21)28-22-13-6-3-7-14-22/h8-10,15-16,18,21-22,26-28H,2-7,11-14,17H2,1H3. The molecule has 2 saturated carbocycles. The monoisotopic (exact) mass is 424 g/mol. The summed E-state index contributed by atoms with van der Waals surface area (Å²) in [6.45, 7) is 0. The fraction of sp³-hybridized carbons (Fsp3) is 0.577. The van der Waals surface area contributed by atoms with Gasteiger partial charge in [-0.05, 0) is 54.2 Å². The van der Waals surface area contributed by atoms with Crippen molar-refractivity contribution in [2.24, 2.45) is 0 Å². The van der Waals surface area contributed by atoms with Gasteiger partial charge in [-0.25, -0.2) is 0 Å². The molecule has 5 nitrogen and oxygen atoms in total. The number of rotatable bonds is 8. The summed E-state index contributed by atoms with van der Waals surface area (Å²) in [5.74, 6) is 0.594. The van der Waals surface area contributed by atoms with Gasteiger partial charge in [0, 0.05) is 12.1 Å². The molecule has 0 unspecified atom stereocenters. The lowest BCUT2D eigenvalue weighted by Crippen LogP contribution is -2.54. The van der Waals surface area contributed by atoms with Gasteiger partial charge in [0.2, 0.25) is 6.35 Å². The highest BCUT2D eigenvalue weighted by Gasteiger charge is 2.24. The smallest absolute Gasteiger partial charge is 0.312 e. The van der Waals surface area contributed by atoms with Crippen LogP contribution in [0.3, 0.4) is 0 Å². The van der Waals surface area contributed by atoms with Crippen LogP contribution in [0.15, 0.2) is 36.4 Å². The van der Waals surface area contributed by atoms with Gasteiger partial charge in [0.25, 0.3) is 0 Å². The maximum atomic E-state index is 13.0. The summed E-state index contributed by atoms with van der Waals surface area (Å²) in [4.78, 5) is 13.0. The Kier molecular flexibility index (Phi) is 7.81. The zero-order valence-corrected chi connectivity index (χ0v) is 18.7. The zero-order valence-electron chi connectivity index (χ0n) is 18.7. The van der Waals surface area contributed by atoms with Gasteiger partial charge < -0.3 is 9.47 Å². The predicted octanol–water partition coefficient (Wildman–Crippen LogP) is 5.06. The third-order valence-corrected chi connectivity index (χ3v) is 6.75. The van der Waals surface area contributed by atoms with Crippen LogP contribution in [0.2, 0.25) is 0 Å². The number of ether oxygens (including phenoxy) is 2. The third-order valence-electron chi connectivity index (χ3n) is 6.75. The molecule has 0 aromatic heterocycles. The van der Waals surface area contributed by atoms with Gasteiger partial charge >= 0.3 is 5.97 Å². The van der Waals surface area contributed by atoms with Crippen molar-refractivity contribution in [2.75, 3.05) is 7.11 Å². The topological polar surface area (TPSA) is 59.6 Å². The number of hydrogen-bond acceptors (Lipinski definition) is 5. The Bertz CT molecular complexity index is 837. The first-order valence-electron chi connectivity index (χ1n) is 12.0. The van der Waals surface area contributed by atoms with Crippen LogP contribution in [0.25, 0.3) is 10.8 Å². The normalized spacial score (nSPS) is 18.4. The molecule has 31 heavy (non-hydrogen) atoms. The van der Waals surface area contributed by atoms with Gasteiger partial charge in [-0.15, -0.1) is 0 Å². The first-order valence-corrected chi connectivity index (χ1v) is 12.0. The van der Waals surface area contributed by atoms with Crippen molar-refractivity contribution < 1.29 is 14.3 Å². The molecule has 2 aliphatic rings. The van der Waals surface area contributed by atoms with E-state index in [0.29, 0.717) is 12.1 Å². The van der Waals surface area contributed by atoms with E-state index in [0.717, 1.165) is 47.8 Å². The van der Waals surface area contributed by atoms with E-state index >= 15 is 0 Å². The van der Waals surface area contributed by atoms with E-state index in [1.807, 2.05) is 30.3 Å². The third kappa shape index (κ3) is 6.20. The van der Waals surface area contributed by atoms with Crippen LogP contribution < -0.4 is 15.4 Å². The summed E-state index contributed by atoms with van der Waals surface area (Å²) in [5.41, 5.74) is 0.968. The van der Waals surface area contributed by atoms with E-state index in [1.54, 1.807) is 7.11 Å². The van der Waals surface area contributed by atoms with Gasteiger partial charge in [0.1, 0.15) is 5.75 Å². The number of benzene rings is 2. The average molecular weight is 425 g/mol. The molecule has 2 aliphatic carbocycles. The van der Waals surface area contributed by atoms with Crippen molar-refractivity contribution in [2.45, 2.75) is 89.1 Å². The van der Waals surface area contributed by atoms with Crippen molar-refractivity contribution in [3.8, 4) is 5.75 Å². The Hall–Kier alpha value is -2.11. The molecule has 5 heteroatoms. The Morgan fingerprint density at radius 1 is 0.935 bits per heavy atom. The summed E-state index contributed by atoms with van der Waals surface area (Å²) >= 11 is 0. The van der Waals surface area contributed by atoms with Gasteiger partial charge in [0.15, 0.2) is 0 Å². The largest absolute Gasteiger partial charge is 0.497 e. The number of hydrogen-bond donors (Lipinski definition) is 2. The second-order valence-corrected chi connectivity index (χ2v) is 9.05. The molecule has 0 radical (unpaired) electrons. The second kappa shape index (κ2) is 11.0. The van der Waals surface area contributed by atoms with E-state index in [4.69, 9.17) is 9.47 Å². The van der Waals surface area contributed by atoms with Crippen LogP contribution in [0.1, 0.15) is 69.8 Å². The molecule has 0 spiro atoms. The number of methoxy groups -OCH3 is 1. The van der Waals surface area contributed by atoms with Crippen molar-refractivity contribution in [3.05, 3.63) is 42.0 Å². The fourth-order valence-corrected chi connectivity index (χ4v) is 5.01. The number of carbonyl (C=O) groups excluding carboxylic acids is 1. The van der Waals surface area contributed by atoms with Crippen molar-refractivity contribution in [1.29, 1.82) is 0 Å². The second-order valence-electron chi connectivity index (χ2n) is 9.05. The van der Waals surface area contributed by atoms with E-state index in [-0.39, 0.29) is 12.4 Å². The summed E-state index contributed by atoms with van der Waals surface area (Å²) in [5, 5.41) is 9.34. The molecule has 0 atom stereocenters. The zero-order chi connectivity index (χ0) is 21.5. The van der Waals surface area contributed by atoms with Crippen molar-refractivity contribution >= 4 is 16.7 Å². The summed E-state index contributed by atoms with van der Waals surface area (Å²) in [6, 6.07) is 12.9. The number of esters is 1.